The molecule has 0 atom stereocenters. The number of nitrogens with one attached hydrogen (secondary N) is 2. The van der Waals surface area contributed by atoms with E-state index in [4.69, 9.17) is 0 Å². The minimum Gasteiger partial charge on any atom is -0.380 e. The van der Waals surface area contributed by atoms with E-state index in [-0.39, 0.29) is 5.91 Å². The molecule has 4 nitrogen and oxygen atoms in total. The Kier molecular flexibility index (Phi) is 5.59. The summed E-state index contributed by atoms with van der Waals surface area (Å²) < 4.78 is 0. The van der Waals surface area contributed by atoms with Gasteiger partial charge in [0.25, 0.3) is 5.91 Å². The fourth-order valence-corrected chi connectivity index (χ4v) is 2.54. The maximum absolute atomic E-state index is 12.3. The van der Waals surface area contributed by atoms with Crippen LogP contribution in [-0.4, -0.2) is 23.5 Å². The molecule has 0 radical (unpaired) electrons. The van der Waals surface area contributed by atoms with Crippen LogP contribution < -0.4 is 10.6 Å². The lowest BCUT2D eigenvalue weighted by Crippen LogP contribution is -2.34. The molecule has 0 aromatic carbocycles. The summed E-state index contributed by atoms with van der Waals surface area (Å²) in [6.45, 7) is 4.32. The Morgan fingerprint density at radius 3 is 2.75 bits per heavy atom. The van der Waals surface area contributed by atoms with Crippen LogP contribution in [0.3, 0.4) is 0 Å². The maximum atomic E-state index is 12.3. The second-order valence-corrected chi connectivity index (χ2v) is 5.29. The molecule has 1 fully saturated rings. The van der Waals surface area contributed by atoms with Crippen molar-refractivity contribution in [1.82, 2.24) is 10.3 Å². The molecular formula is C16H23N3O. The normalized spacial score (nSPS) is 16.2. The van der Waals surface area contributed by atoms with Gasteiger partial charge in [0, 0.05) is 25.0 Å². The van der Waals surface area contributed by atoms with E-state index in [1.54, 1.807) is 18.5 Å². The van der Waals surface area contributed by atoms with Crippen LogP contribution in [0.25, 0.3) is 0 Å². The fraction of sp³-hybridized carbons (Fsp3) is 0.500. The van der Waals surface area contributed by atoms with Gasteiger partial charge in [-0.1, -0.05) is 31.8 Å². The van der Waals surface area contributed by atoms with Crippen LogP contribution in [0, 0.1) is 0 Å². The average molecular weight is 273 g/mol. The van der Waals surface area contributed by atoms with Gasteiger partial charge < -0.3 is 10.6 Å². The molecule has 0 spiro atoms. The SMILES string of the molecule is C=CCNc1cncc(C(=O)NC2CCCCCC2)c1. The maximum Gasteiger partial charge on any atom is 0.253 e. The van der Waals surface area contributed by atoms with E-state index in [9.17, 15) is 4.79 Å². The van der Waals surface area contributed by atoms with Crippen molar-refractivity contribution in [3.63, 3.8) is 0 Å². The Morgan fingerprint density at radius 1 is 1.30 bits per heavy atom. The Labute approximate surface area is 120 Å². The van der Waals surface area contributed by atoms with Crippen LogP contribution in [0.1, 0.15) is 48.9 Å². The van der Waals surface area contributed by atoms with Crippen molar-refractivity contribution in [2.24, 2.45) is 0 Å². The van der Waals surface area contributed by atoms with Gasteiger partial charge in [-0.25, -0.2) is 0 Å². The summed E-state index contributed by atoms with van der Waals surface area (Å²) in [5.74, 6) is -0.0216. The van der Waals surface area contributed by atoms with Crippen molar-refractivity contribution in [3.05, 3.63) is 36.7 Å². The van der Waals surface area contributed by atoms with Gasteiger partial charge in [-0.3, -0.25) is 9.78 Å². The van der Waals surface area contributed by atoms with Gasteiger partial charge in [0.1, 0.15) is 0 Å². The van der Waals surface area contributed by atoms with Crippen molar-refractivity contribution >= 4 is 11.6 Å². The van der Waals surface area contributed by atoms with E-state index in [1.165, 1.54) is 25.7 Å². The molecule has 1 aliphatic rings. The number of carbonyl (C=O) groups excluding carboxylic acids is 1. The summed E-state index contributed by atoms with van der Waals surface area (Å²) in [6.07, 6.45) is 12.3. The van der Waals surface area contributed by atoms with Crippen LogP contribution in [0.15, 0.2) is 31.1 Å². The monoisotopic (exact) mass is 273 g/mol. The van der Waals surface area contributed by atoms with Gasteiger partial charge in [0.2, 0.25) is 0 Å². The second-order valence-electron chi connectivity index (χ2n) is 5.29. The number of hydrogen-bond acceptors (Lipinski definition) is 3. The van der Waals surface area contributed by atoms with Gasteiger partial charge in [0.05, 0.1) is 11.3 Å². The zero-order valence-electron chi connectivity index (χ0n) is 11.9. The molecule has 1 aliphatic carbocycles. The molecule has 1 aromatic rings. The number of pyridine rings is 1. The minimum atomic E-state index is -0.0216. The number of nitrogens with zero attached hydrogens (tertiary/aromatic N) is 1. The first kappa shape index (κ1) is 14.6. The van der Waals surface area contributed by atoms with Gasteiger partial charge in [-0.15, -0.1) is 6.58 Å². The van der Waals surface area contributed by atoms with Gasteiger partial charge >= 0.3 is 0 Å². The molecule has 20 heavy (non-hydrogen) atoms. The number of carbonyl (C=O) groups is 1. The minimum absolute atomic E-state index is 0.0216. The predicted molar refractivity (Wildman–Crippen MR) is 81.9 cm³/mol. The highest BCUT2D eigenvalue weighted by Gasteiger charge is 2.16. The largest absolute Gasteiger partial charge is 0.380 e. The summed E-state index contributed by atoms with van der Waals surface area (Å²) in [7, 11) is 0. The molecular weight excluding hydrogens is 250 g/mol. The van der Waals surface area contributed by atoms with Crippen molar-refractivity contribution < 1.29 is 4.79 Å². The smallest absolute Gasteiger partial charge is 0.253 e. The molecule has 0 saturated heterocycles. The molecule has 2 rings (SSSR count). The van der Waals surface area contributed by atoms with Gasteiger partial charge in [0.15, 0.2) is 0 Å². The number of amides is 1. The number of hydrogen-bond donors (Lipinski definition) is 2. The molecule has 1 amide bonds. The van der Waals surface area contributed by atoms with E-state index in [2.05, 4.69) is 22.2 Å². The number of rotatable bonds is 5. The lowest BCUT2D eigenvalue weighted by atomic mass is 10.1. The zero-order valence-corrected chi connectivity index (χ0v) is 11.9. The Morgan fingerprint density at radius 2 is 2.05 bits per heavy atom. The highest BCUT2D eigenvalue weighted by Crippen LogP contribution is 2.18. The summed E-state index contributed by atoms with van der Waals surface area (Å²) in [4.78, 5) is 16.4. The molecule has 4 heteroatoms. The van der Waals surface area contributed by atoms with Crippen molar-refractivity contribution in [2.45, 2.75) is 44.6 Å². The molecule has 0 aliphatic heterocycles. The Hall–Kier alpha value is -1.84. The highest BCUT2D eigenvalue weighted by atomic mass is 16.1. The van der Waals surface area contributed by atoms with Gasteiger partial charge in [-0.2, -0.15) is 0 Å². The van der Waals surface area contributed by atoms with Crippen LogP contribution in [-0.2, 0) is 0 Å². The van der Waals surface area contributed by atoms with Crippen molar-refractivity contribution in [2.75, 3.05) is 11.9 Å². The lowest BCUT2D eigenvalue weighted by Gasteiger charge is -2.16. The zero-order chi connectivity index (χ0) is 14.2. The third-order valence-electron chi connectivity index (χ3n) is 3.64. The van der Waals surface area contributed by atoms with E-state index in [0.29, 0.717) is 18.2 Å². The third kappa shape index (κ3) is 4.37. The summed E-state index contributed by atoms with van der Waals surface area (Å²) >= 11 is 0. The van der Waals surface area contributed by atoms with Crippen LogP contribution in [0.5, 0.6) is 0 Å². The first-order valence-corrected chi connectivity index (χ1v) is 7.40. The summed E-state index contributed by atoms with van der Waals surface area (Å²) in [5, 5.41) is 6.27. The van der Waals surface area contributed by atoms with E-state index in [0.717, 1.165) is 18.5 Å². The first-order valence-electron chi connectivity index (χ1n) is 7.40. The quantitative estimate of drug-likeness (QED) is 0.640. The van der Waals surface area contributed by atoms with Crippen molar-refractivity contribution in [1.29, 1.82) is 0 Å². The van der Waals surface area contributed by atoms with E-state index < -0.39 is 0 Å². The number of aromatic nitrogens is 1. The Balaban J connectivity index is 1.95. The lowest BCUT2D eigenvalue weighted by molar-refractivity contribution is 0.0933. The third-order valence-corrected chi connectivity index (χ3v) is 3.64. The van der Waals surface area contributed by atoms with Crippen LogP contribution >= 0.6 is 0 Å². The highest BCUT2D eigenvalue weighted by molar-refractivity contribution is 5.94. The standard InChI is InChI=1S/C16H23N3O/c1-2-9-18-15-10-13(11-17-12-15)16(20)19-14-7-5-3-4-6-8-14/h2,10-12,14,18H,1,3-9H2,(H,19,20). The Bertz CT molecular complexity index is 451. The first-order chi connectivity index (χ1) is 9.79. The van der Waals surface area contributed by atoms with E-state index in [1.807, 2.05) is 6.07 Å². The summed E-state index contributed by atoms with van der Waals surface area (Å²) in [5.41, 5.74) is 1.46. The molecule has 1 heterocycles. The molecule has 0 unspecified atom stereocenters. The van der Waals surface area contributed by atoms with Crippen LogP contribution in [0.2, 0.25) is 0 Å². The second kappa shape index (κ2) is 7.68. The van der Waals surface area contributed by atoms with Crippen molar-refractivity contribution in [3.8, 4) is 0 Å². The molecule has 1 aromatic heterocycles. The average Bonchev–Trinajstić information content (AvgIpc) is 2.74. The molecule has 108 valence electrons. The van der Waals surface area contributed by atoms with Gasteiger partial charge in [-0.05, 0) is 18.9 Å². The summed E-state index contributed by atoms with van der Waals surface area (Å²) in [6, 6.07) is 2.15. The fourth-order valence-electron chi connectivity index (χ4n) is 2.54. The topological polar surface area (TPSA) is 54.0 Å². The molecule has 1 saturated carbocycles. The molecule has 0 bridgehead atoms. The predicted octanol–water partition coefficient (Wildman–Crippen LogP) is 3.13. The van der Waals surface area contributed by atoms with Crippen LogP contribution in [0.4, 0.5) is 5.69 Å². The van der Waals surface area contributed by atoms with E-state index >= 15 is 0 Å². The molecule has 2 N–H and O–H groups in total. The number of anilines is 1.